The molecule has 0 radical (unpaired) electrons. The smallest absolute Gasteiger partial charge is 0.313 e. The predicted octanol–water partition coefficient (Wildman–Crippen LogP) is 3.29. The Bertz CT molecular complexity index is 1080. The molecular formula is C19H21ClN4O2S. The van der Waals surface area contributed by atoms with Crippen molar-refractivity contribution in [3.63, 3.8) is 0 Å². The van der Waals surface area contributed by atoms with Crippen molar-refractivity contribution in [2.75, 3.05) is 5.75 Å². The molecule has 0 bridgehead atoms. The number of allylic oxidation sites excluding steroid dienone is 1. The number of thioether (sulfide) groups is 1. The van der Waals surface area contributed by atoms with E-state index in [0.717, 1.165) is 12.8 Å². The molecule has 0 unspecified atom stereocenters. The minimum Gasteiger partial charge on any atom is -0.313 e. The molecule has 8 heteroatoms. The summed E-state index contributed by atoms with van der Waals surface area (Å²) in [5.74, 6) is 0.642. The summed E-state index contributed by atoms with van der Waals surface area (Å²) in [5.41, 5.74) is 1.21. The molecule has 2 aromatic heterocycles. The highest BCUT2D eigenvalue weighted by atomic mass is 35.5. The summed E-state index contributed by atoms with van der Waals surface area (Å²) in [6.07, 6.45) is 3.65. The molecule has 1 N–H and O–H groups in total. The second-order valence-corrected chi connectivity index (χ2v) is 7.81. The predicted molar refractivity (Wildman–Crippen MR) is 111 cm³/mol. The second kappa shape index (κ2) is 8.63. The minimum atomic E-state index is -0.463. The van der Waals surface area contributed by atoms with Crippen LogP contribution in [0.25, 0.3) is 11.2 Å². The molecule has 3 aromatic rings. The van der Waals surface area contributed by atoms with Crippen LogP contribution in [0.4, 0.5) is 0 Å². The van der Waals surface area contributed by atoms with Gasteiger partial charge in [0.25, 0.3) is 5.56 Å². The Morgan fingerprint density at radius 3 is 2.74 bits per heavy atom. The number of rotatable bonds is 7. The Balaban J connectivity index is 1.94. The molecule has 0 aliphatic rings. The van der Waals surface area contributed by atoms with Crippen LogP contribution < -0.4 is 11.2 Å². The van der Waals surface area contributed by atoms with Crippen molar-refractivity contribution < 1.29 is 0 Å². The first-order chi connectivity index (χ1) is 13.0. The second-order valence-electron chi connectivity index (χ2n) is 6.23. The zero-order valence-corrected chi connectivity index (χ0v) is 16.8. The third-order valence-corrected chi connectivity index (χ3v) is 5.30. The van der Waals surface area contributed by atoms with Gasteiger partial charge >= 0.3 is 5.69 Å². The number of nitrogens with one attached hydrogen (secondary N) is 1. The molecule has 3 rings (SSSR count). The number of hydrogen-bond donors (Lipinski definition) is 1. The number of hydrogen-bond acceptors (Lipinski definition) is 4. The zero-order valence-electron chi connectivity index (χ0n) is 15.2. The summed E-state index contributed by atoms with van der Waals surface area (Å²) in [6.45, 7) is 2.46. The minimum absolute atomic E-state index is 0.400. The molecule has 0 fully saturated rings. The molecular weight excluding hydrogens is 384 g/mol. The van der Waals surface area contributed by atoms with Crippen LogP contribution in [0.3, 0.4) is 0 Å². The normalized spacial score (nSPS) is 12.0. The van der Waals surface area contributed by atoms with Gasteiger partial charge in [-0.25, -0.2) is 9.78 Å². The van der Waals surface area contributed by atoms with Crippen LogP contribution in [0, 0.1) is 0 Å². The first kappa shape index (κ1) is 19.5. The number of aromatic amines is 1. The molecule has 27 heavy (non-hydrogen) atoms. The van der Waals surface area contributed by atoms with Gasteiger partial charge in [0.15, 0.2) is 16.3 Å². The summed E-state index contributed by atoms with van der Waals surface area (Å²) in [6, 6.07) is 10.2. The highest BCUT2D eigenvalue weighted by Crippen LogP contribution is 2.23. The Kier molecular flexibility index (Phi) is 6.23. The van der Waals surface area contributed by atoms with Crippen LogP contribution in [0.5, 0.6) is 0 Å². The molecule has 0 saturated heterocycles. The van der Waals surface area contributed by atoms with Gasteiger partial charge in [-0.3, -0.25) is 14.3 Å². The van der Waals surface area contributed by atoms with E-state index in [1.165, 1.54) is 21.9 Å². The van der Waals surface area contributed by atoms with Gasteiger partial charge in [0.05, 0.1) is 0 Å². The maximum atomic E-state index is 12.4. The fraction of sp³-hybridized carbons (Fsp3) is 0.316. The number of fused-ring (bicyclic) bond motifs is 1. The molecule has 0 saturated carbocycles. The molecule has 0 spiro atoms. The van der Waals surface area contributed by atoms with Crippen molar-refractivity contribution in [2.45, 2.75) is 31.5 Å². The molecule has 0 aliphatic heterocycles. The number of nitrogens with zero attached hydrogens (tertiary/aromatic N) is 3. The van der Waals surface area contributed by atoms with Gasteiger partial charge in [0.1, 0.15) is 0 Å². The van der Waals surface area contributed by atoms with Crippen LogP contribution >= 0.6 is 23.4 Å². The van der Waals surface area contributed by atoms with Crippen molar-refractivity contribution in [1.29, 1.82) is 0 Å². The van der Waals surface area contributed by atoms with E-state index in [1.807, 2.05) is 35.8 Å². The van der Waals surface area contributed by atoms with E-state index in [1.54, 1.807) is 7.05 Å². The lowest BCUT2D eigenvalue weighted by molar-refractivity contribution is 0.608. The van der Waals surface area contributed by atoms with E-state index in [9.17, 15) is 9.59 Å². The number of halogens is 1. The lowest BCUT2D eigenvalue weighted by atomic mass is 10.1. The first-order valence-electron chi connectivity index (χ1n) is 8.66. The largest absolute Gasteiger partial charge is 0.329 e. The Hall–Kier alpha value is -2.25. The molecule has 0 amide bonds. The molecule has 2 heterocycles. The van der Waals surface area contributed by atoms with E-state index < -0.39 is 11.2 Å². The Morgan fingerprint density at radius 1 is 1.30 bits per heavy atom. The van der Waals surface area contributed by atoms with Crippen LogP contribution in [-0.2, 0) is 20.0 Å². The number of imidazole rings is 1. The SMILES string of the molecule is C/C(Cl)=C\CSc1nc2c(c(=O)[nH]c(=O)n2C)n1CCCc1ccccc1. The van der Waals surface area contributed by atoms with Crippen molar-refractivity contribution in [1.82, 2.24) is 19.1 Å². The fourth-order valence-electron chi connectivity index (χ4n) is 2.85. The van der Waals surface area contributed by atoms with Gasteiger partial charge in [-0.15, -0.1) is 0 Å². The van der Waals surface area contributed by atoms with Gasteiger partial charge in [-0.05, 0) is 25.3 Å². The number of aromatic nitrogens is 4. The van der Waals surface area contributed by atoms with Gasteiger partial charge in [-0.1, -0.05) is 59.8 Å². The molecule has 0 atom stereocenters. The topological polar surface area (TPSA) is 72.7 Å². The maximum Gasteiger partial charge on any atom is 0.329 e. The molecule has 142 valence electrons. The van der Waals surface area contributed by atoms with Crippen LogP contribution in [0.15, 0.2) is 56.2 Å². The van der Waals surface area contributed by atoms with Crippen molar-refractivity contribution in [2.24, 2.45) is 7.05 Å². The lowest BCUT2D eigenvalue weighted by Crippen LogP contribution is -2.29. The fourth-order valence-corrected chi connectivity index (χ4v) is 3.99. The molecule has 1 aromatic carbocycles. The third-order valence-electron chi connectivity index (χ3n) is 4.24. The third kappa shape index (κ3) is 4.54. The summed E-state index contributed by atoms with van der Waals surface area (Å²) >= 11 is 7.40. The number of H-pyrrole nitrogens is 1. The van der Waals surface area contributed by atoms with Gasteiger partial charge < -0.3 is 4.57 Å². The van der Waals surface area contributed by atoms with Crippen molar-refractivity contribution in [3.05, 3.63) is 67.8 Å². The van der Waals surface area contributed by atoms with E-state index in [0.29, 0.717) is 33.7 Å². The first-order valence-corrected chi connectivity index (χ1v) is 10.0. The van der Waals surface area contributed by atoms with E-state index in [4.69, 9.17) is 11.6 Å². The highest BCUT2D eigenvalue weighted by Gasteiger charge is 2.17. The average Bonchev–Trinajstić information content (AvgIpc) is 3.00. The highest BCUT2D eigenvalue weighted by molar-refractivity contribution is 7.99. The Labute approximate surface area is 165 Å². The zero-order chi connectivity index (χ0) is 19.4. The Morgan fingerprint density at radius 2 is 2.04 bits per heavy atom. The average molecular weight is 405 g/mol. The van der Waals surface area contributed by atoms with Gasteiger partial charge in [-0.2, -0.15) is 0 Å². The summed E-state index contributed by atoms with van der Waals surface area (Å²) in [5, 5.41) is 1.42. The van der Waals surface area contributed by atoms with Gasteiger partial charge in [0, 0.05) is 24.4 Å². The summed E-state index contributed by atoms with van der Waals surface area (Å²) in [4.78, 5) is 31.2. The standard InChI is InChI=1S/C19H21ClN4O2S/c1-13(20)10-12-27-19-21-16-15(17(25)22-18(26)23(16)2)24(19)11-6-9-14-7-4-3-5-8-14/h3-5,7-8,10H,6,9,11-12H2,1-2H3,(H,22,25,26)/b13-10+. The number of aryl methyl sites for hydroxylation is 3. The van der Waals surface area contributed by atoms with Crippen LogP contribution in [0.1, 0.15) is 18.9 Å². The lowest BCUT2D eigenvalue weighted by Gasteiger charge is -2.08. The van der Waals surface area contributed by atoms with Crippen LogP contribution in [-0.4, -0.2) is 24.9 Å². The van der Waals surface area contributed by atoms with Crippen molar-refractivity contribution in [3.8, 4) is 0 Å². The summed E-state index contributed by atoms with van der Waals surface area (Å²) in [7, 11) is 1.61. The van der Waals surface area contributed by atoms with E-state index in [-0.39, 0.29) is 0 Å². The quantitative estimate of drug-likeness (QED) is 0.613. The molecule has 0 aliphatic carbocycles. The maximum absolute atomic E-state index is 12.4. The van der Waals surface area contributed by atoms with E-state index in [2.05, 4.69) is 22.1 Å². The van der Waals surface area contributed by atoms with Crippen molar-refractivity contribution >= 4 is 34.5 Å². The monoisotopic (exact) mass is 404 g/mol. The van der Waals surface area contributed by atoms with Crippen LogP contribution in [0.2, 0.25) is 0 Å². The van der Waals surface area contributed by atoms with Gasteiger partial charge in [0.2, 0.25) is 0 Å². The summed E-state index contributed by atoms with van der Waals surface area (Å²) < 4.78 is 3.27. The van der Waals surface area contributed by atoms with E-state index >= 15 is 0 Å². The molecule has 6 nitrogen and oxygen atoms in total. The number of benzene rings is 1.